The number of rotatable bonds is 9. The van der Waals surface area contributed by atoms with Crippen LogP contribution in [0.15, 0.2) is 42.2 Å². The van der Waals surface area contributed by atoms with Crippen LogP contribution in [0.4, 0.5) is 0 Å². The third-order valence-electron chi connectivity index (χ3n) is 8.83. The summed E-state index contributed by atoms with van der Waals surface area (Å²) in [6.45, 7) is 16.7. The van der Waals surface area contributed by atoms with Gasteiger partial charge in [0.25, 0.3) is 0 Å². The number of fused-ring (bicyclic) bond motifs is 1. The van der Waals surface area contributed by atoms with Crippen LogP contribution in [0.3, 0.4) is 0 Å². The van der Waals surface area contributed by atoms with Gasteiger partial charge in [-0.3, -0.25) is 14.8 Å². The quantitative estimate of drug-likeness (QED) is 0.134. The summed E-state index contributed by atoms with van der Waals surface area (Å²) in [5.41, 5.74) is 8.78. The van der Waals surface area contributed by atoms with E-state index in [4.69, 9.17) is 9.97 Å². The van der Waals surface area contributed by atoms with Crippen molar-refractivity contribution in [1.29, 1.82) is 0 Å². The maximum atomic E-state index is 11.7. The number of nitrogens with zero attached hydrogens (tertiary/aromatic N) is 2. The van der Waals surface area contributed by atoms with Crippen LogP contribution in [0, 0.1) is 44.6 Å². The average Bonchev–Trinajstić information content (AvgIpc) is 2.94. The second-order valence-electron chi connectivity index (χ2n) is 12.1. The van der Waals surface area contributed by atoms with Gasteiger partial charge >= 0.3 is 0 Å². The van der Waals surface area contributed by atoms with E-state index in [0.29, 0.717) is 5.92 Å². The molecule has 4 nitrogen and oxygen atoms in total. The molecule has 1 aliphatic rings. The zero-order valence-corrected chi connectivity index (χ0v) is 29.4. The Morgan fingerprint density at radius 2 is 1.51 bits per heavy atom. The van der Waals surface area contributed by atoms with Gasteiger partial charge < -0.3 is 5.11 Å². The molecule has 0 atom stereocenters. The Morgan fingerprint density at radius 1 is 0.907 bits per heavy atom. The number of hydrogen-bond donors (Lipinski definition) is 1. The summed E-state index contributed by atoms with van der Waals surface area (Å²) in [6, 6.07) is 14.4. The van der Waals surface area contributed by atoms with Gasteiger partial charge in [0, 0.05) is 49.4 Å². The van der Waals surface area contributed by atoms with Crippen LogP contribution < -0.4 is 0 Å². The molecule has 0 amide bonds. The van der Waals surface area contributed by atoms with E-state index in [1.807, 2.05) is 27.7 Å². The molecule has 4 rings (SSSR count). The predicted octanol–water partition coefficient (Wildman–Crippen LogP) is 10.8. The zero-order valence-electron chi connectivity index (χ0n) is 27.0. The van der Waals surface area contributed by atoms with Gasteiger partial charge in [0.15, 0.2) is 5.78 Å². The third kappa shape index (κ3) is 10.6. The van der Waals surface area contributed by atoms with E-state index in [9.17, 15) is 9.90 Å². The summed E-state index contributed by atoms with van der Waals surface area (Å²) in [5.74, 6) is 2.11. The number of hydrogen-bond acceptors (Lipinski definition) is 4. The molecular weight excluding hydrogens is 709 g/mol. The molecule has 239 valence electrons. The summed E-state index contributed by atoms with van der Waals surface area (Å²) < 4.78 is 0. The summed E-state index contributed by atoms with van der Waals surface area (Å²) in [4.78, 5) is 21.5. The fraction of sp³-hybridized carbons (Fsp3) is 0.553. The van der Waals surface area contributed by atoms with Crippen molar-refractivity contribution in [2.45, 2.75) is 120 Å². The molecule has 1 saturated carbocycles. The van der Waals surface area contributed by atoms with Crippen LogP contribution in [0.25, 0.3) is 22.3 Å². The van der Waals surface area contributed by atoms with E-state index in [2.05, 4.69) is 64.1 Å². The van der Waals surface area contributed by atoms with Gasteiger partial charge in [0.1, 0.15) is 0 Å². The number of carbonyl (C=O) groups is 1. The fourth-order valence-electron chi connectivity index (χ4n) is 6.06. The van der Waals surface area contributed by atoms with Crippen molar-refractivity contribution in [3.63, 3.8) is 0 Å². The zero-order chi connectivity index (χ0) is 30.1. The molecule has 0 saturated heterocycles. The largest absolute Gasteiger partial charge is 0.512 e. The minimum absolute atomic E-state index is 0. The maximum Gasteiger partial charge on any atom is 0.162 e. The predicted molar refractivity (Wildman–Crippen MR) is 179 cm³/mol. The summed E-state index contributed by atoms with van der Waals surface area (Å²) in [6.07, 6.45) is 10.2. The number of aliphatic hydroxyl groups is 1. The van der Waals surface area contributed by atoms with Crippen LogP contribution in [-0.4, -0.2) is 20.9 Å². The van der Waals surface area contributed by atoms with Crippen molar-refractivity contribution in [2.75, 3.05) is 0 Å². The number of ketones is 1. The Labute approximate surface area is 275 Å². The second kappa shape index (κ2) is 18.4. The molecular formula is C38H55IrN2O2-. The fourth-order valence-corrected chi connectivity index (χ4v) is 6.06. The third-order valence-corrected chi connectivity index (χ3v) is 8.83. The number of aryl methyl sites for hydroxylation is 3. The summed E-state index contributed by atoms with van der Waals surface area (Å²) >= 11 is 0. The number of benzene rings is 2. The molecule has 2 aromatic carbocycles. The molecule has 1 radical (unpaired) electrons. The normalized spacial score (nSPS) is 16.7. The van der Waals surface area contributed by atoms with E-state index in [1.54, 1.807) is 0 Å². The van der Waals surface area contributed by atoms with E-state index in [0.717, 1.165) is 65.1 Å². The number of carbonyl (C=O) groups excluding carboxylic acids is 1. The molecule has 0 unspecified atom stereocenters. The van der Waals surface area contributed by atoms with Crippen LogP contribution >= 0.6 is 0 Å². The molecule has 0 aliphatic heterocycles. The van der Waals surface area contributed by atoms with Crippen LogP contribution in [0.5, 0.6) is 0 Å². The monoisotopic (exact) mass is 764 g/mol. The molecule has 0 bridgehead atoms. The van der Waals surface area contributed by atoms with Gasteiger partial charge in [-0.1, -0.05) is 74.8 Å². The van der Waals surface area contributed by atoms with Gasteiger partial charge in [-0.15, -0.1) is 34.9 Å². The Balaban J connectivity index is 0.000000474. The smallest absolute Gasteiger partial charge is 0.162 e. The van der Waals surface area contributed by atoms with Crippen molar-refractivity contribution in [2.24, 2.45) is 17.8 Å². The Morgan fingerprint density at radius 3 is 2.07 bits per heavy atom. The molecule has 43 heavy (non-hydrogen) atoms. The Kier molecular flexibility index (Phi) is 16.6. The second-order valence-corrected chi connectivity index (χ2v) is 12.1. The first-order valence-corrected chi connectivity index (χ1v) is 15.8. The van der Waals surface area contributed by atoms with E-state index in [1.165, 1.54) is 42.9 Å². The molecule has 3 aromatic rings. The molecule has 1 N–H and O–H groups in total. The van der Waals surface area contributed by atoms with Gasteiger partial charge in [-0.05, 0) is 75.0 Å². The van der Waals surface area contributed by atoms with Crippen molar-refractivity contribution >= 4 is 16.8 Å². The Bertz CT molecular complexity index is 1310. The van der Waals surface area contributed by atoms with Gasteiger partial charge in [0.2, 0.25) is 0 Å². The van der Waals surface area contributed by atoms with Crippen molar-refractivity contribution in [3.05, 3.63) is 70.6 Å². The summed E-state index contributed by atoms with van der Waals surface area (Å²) in [7, 11) is 0. The molecule has 5 heteroatoms. The molecule has 1 fully saturated rings. The topological polar surface area (TPSA) is 63.1 Å². The SMILES string of the molecule is C.CCC(CC)C(=O)C=C(O)C(CC)CC.Cc1[c-]c(-c2nc3ccc(C4CCC(C)CC4)cc3nc2C)cc(C)c1.[Ir]. The van der Waals surface area contributed by atoms with Crippen molar-refractivity contribution in [3.8, 4) is 11.3 Å². The van der Waals surface area contributed by atoms with E-state index < -0.39 is 0 Å². The number of aliphatic hydroxyl groups excluding tert-OH is 1. The number of aromatic nitrogens is 2. The van der Waals surface area contributed by atoms with Crippen LogP contribution in [-0.2, 0) is 24.9 Å². The standard InChI is InChI=1S/C24H27N2.C13H24O2.CH4.Ir/c1-15-5-7-19(8-6-15)20-9-10-22-23(14-20)25-18(4)24(26-22)21-12-16(2)11-17(3)13-21;1-5-10(6-2)12(14)9-13(15)11(7-3)8-4;;/h9-12,14-15,19H,5-8H2,1-4H3;9-11,14H,5-8H2,1-4H3;1H4;/q-1;;;. The Hall–Kier alpha value is -2.36. The first-order chi connectivity index (χ1) is 19.6. The molecule has 1 aromatic heterocycles. The average molecular weight is 764 g/mol. The maximum absolute atomic E-state index is 11.7. The van der Waals surface area contributed by atoms with Crippen LogP contribution in [0.2, 0.25) is 0 Å². The van der Waals surface area contributed by atoms with Crippen molar-refractivity contribution < 1.29 is 30.0 Å². The molecule has 0 spiro atoms. The van der Waals surface area contributed by atoms with Crippen LogP contribution in [0.1, 0.15) is 122 Å². The van der Waals surface area contributed by atoms with E-state index in [-0.39, 0.29) is 50.9 Å². The van der Waals surface area contributed by atoms with Gasteiger partial charge in [0.05, 0.1) is 16.8 Å². The first-order valence-electron chi connectivity index (χ1n) is 15.8. The first kappa shape index (κ1) is 38.7. The molecule has 1 aliphatic carbocycles. The minimum Gasteiger partial charge on any atom is -0.512 e. The van der Waals surface area contributed by atoms with E-state index >= 15 is 0 Å². The molecule has 1 heterocycles. The summed E-state index contributed by atoms with van der Waals surface area (Å²) in [5, 5.41) is 9.76. The minimum atomic E-state index is 0. The van der Waals surface area contributed by atoms with Crippen molar-refractivity contribution in [1.82, 2.24) is 9.97 Å². The van der Waals surface area contributed by atoms with Gasteiger partial charge in [-0.2, -0.15) is 0 Å². The van der Waals surface area contributed by atoms with Gasteiger partial charge in [-0.25, -0.2) is 0 Å². The number of allylic oxidation sites excluding steroid dienone is 2.